The molecule has 0 bridgehead atoms. The van der Waals surface area contributed by atoms with Crippen LogP contribution in [-0.2, 0) is 0 Å². The van der Waals surface area contributed by atoms with E-state index in [0.717, 1.165) is 77.7 Å². The molecule has 0 amide bonds. The van der Waals surface area contributed by atoms with Crippen molar-refractivity contribution in [3.05, 3.63) is 279 Å². The predicted octanol–water partition coefficient (Wildman–Crippen LogP) is 19.0. The van der Waals surface area contributed by atoms with E-state index in [1.165, 1.54) is 71.1 Å². The lowest BCUT2D eigenvalue weighted by Gasteiger charge is -2.15. The van der Waals surface area contributed by atoms with Crippen LogP contribution >= 0.6 is 0 Å². The zero-order valence-electron chi connectivity index (χ0n) is 43.2. The van der Waals surface area contributed by atoms with E-state index in [-0.39, 0.29) is 0 Å². The van der Waals surface area contributed by atoms with Gasteiger partial charge in [-0.15, -0.1) is 0 Å². The first-order valence-corrected chi connectivity index (χ1v) is 27.3. The molecule has 17 aromatic rings. The Labute approximate surface area is 459 Å². The molecule has 0 N–H and O–H groups in total. The molecule has 0 aliphatic carbocycles. The Morgan fingerprint density at radius 2 is 0.537 bits per heavy atom. The average Bonchev–Trinajstić information content (AvgIpc) is 4.44. The molecule has 5 heterocycles. The minimum Gasteiger partial charge on any atom is -0.309 e. The summed E-state index contributed by atoms with van der Waals surface area (Å²) in [6.07, 6.45) is 0. The van der Waals surface area contributed by atoms with Gasteiger partial charge in [-0.25, -0.2) is 9.97 Å². The smallest absolute Gasteiger partial charge is 0.162 e. The third-order valence-electron chi connectivity index (χ3n) is 16.5. The van der Waals surface area contributed by atoms with Crippen LogP contribution in [0.5, 0.6) is 0 Å². The molecule has 6 nitrogen and oxygen atoms in total. The fourth-order valence-corrected chi connectivity index (χ4v) is 13.0. The molecular weight excluding hydrogens is 973 g/mol. The summed E-state index contributed by atoms with van der Waals surface area (Å²) in [6, 6.07) is 101. The van der Waals surface area contributed by atoms with Gasteiger partial charge < -0.3 is 13.7 Å². The third-order valence-corrected chi connectivity index (χ3v) is 16.5. The summed E-state index contributed by atoms with van der Waals surface area (Å²) in [5.41, 5.74) is 19.1. The van der Waals surface area contributed by atoms with Gasteiger partial charge >= 0.3 is 0 Å². The fourth-order valence-electron chi connectivity index (χ4n) is 13.0. The van der Waals surface area contributed by atoms with Crippen molar-refractivity contribution in [3.63, 3.8) is 0 Å². The van der Waals surface area contributed by atoms with Gasteiger partial charge in [-0.1, -0.05) is 164 Å². The van der Waals surface area contributed by atoms with Crippen molar-refractivity contribution < 1.29 is 0 Å². The van der Waals surface area contributed by atoms with Crippen LogP contribution in [-0.4, -0.2) is 28.2 Å². The molecule has 6 heteroatoms. The van der Waals surface area contributed by atoms with E-state index < -0.39 is 0 Å². The maximum Gasteiger partial charge on any atom is 0.162 e. The van der Waals surface area contributed by atoms with Gasteiger partial charge in [-0.2, -0.15) is 0 Å². The van der Waals surface area contributed by atoms with E-state index in [9.17, 15) is 0 Å². The van der Waals surface area contributed by atoms with E-state index >= 15 is 0 Å². The lowest BCUT2D eigenvalue weighted by molar-refractivity contribution is 1.07. The molecule has 0 saturated heterocycles. The van der Waals surface area contributed by atoms with Crippen LogP contribution in [0.3, 0.4) is 0 Å². The number of fused-ring (bicyclic) bond motifs is 13. The van der Waals surface area contributed by atoms with Gasteiger partial charge in [0.2, 0.25) is 0 Å². The summed E-state index contributed by atoms with van der Waals surface area (Å²) in [5.74, 6) is 1.51. The van der Waals surface area contributed by atoms with Crippen LogP contribution in [0.15, 0.2) is 279 Å². The zero-order chi connectivity index (χ0) is 52.4. The van der Waals surface area contributed by atoms with Crippen LogP contribution in [0.1, 0.15) is 0 Å². The van der Waals surface area contributed by atoms with Gasteiger partial charge in [0.15, 0.2) is 5.82 Å². The number of hydrogen-bond donors (Lipinski definition) is 0. The van der Waals surface area contributed by atoms with Gasteiger partial charge in [-0.05, 0) is 138 Å². The highest BCUT2D eigenvalue weighted by Gasteiger charge is 2.22. The third kappa shape index (κ3) is 6.66. The maximum atomic E-state index is 5.58. The average molecular weight is 1020 g/mol. The minimum absolute atomic E-state index is 0.679. The molecular formula is C74H46N6. The van der Waals surface area contributed by atoms with Crippen molar-refractivity contribution in [2.45, 2.75) is 0 Å². The van der Waals surface area contributed by atoms with Crippen molar-refractivity contribution in [3.8, 4) is 56.5 Å². The Balaban J connectivity index is 0.833. The molecule has 0 spiro atoms. The molecule has 0 aliphatic rings. The van der Waals surface area contributed by atoms with Crippen LogP contribution < -0.4 is 0 Å². The number of aromatic nitrogens is 6. The topological polar surface area (TPSA) is 45.5 Å². The van der Waals surface area contributed by atoms with Crippen molar-refractivity contribution in [2.24, 2.45) is 0 Å². The lowest BCUT2D eigenvalue weighted by atomic mass is 10.0. The largest absolute Gasteiger partial charge is 0.309 e. The van der Waals surface area contributed by atoms with Crippen molar-refractivity contribution in [1.82, 2.24) is 28.2 Å². The van der Waals surface area contributed by atoms with Crippen molar-refractivity contribution >= 4 is 98.1 Å². The van der Waals surface area contributed by atoms with E-state index in [0.29, 0.717) is 5.82 Å². The van der Waals surface area contributed by atoms with Gasteiger partial charge in [0.25, 0.3) is 0 Å². The molecule has 372 valence electrons. The highest BCUT2D eigenvalue weighted by atomic mass is 15.1. The first-order valence-electron chi connectivity index (χ1n) is 27.3. The Morgan fingerprint density at radius 1 is 0.200 bits per heavy atom. The lowest BCUT2D eigenvalue weighted by Crippen LogP contribution is -2.04. The van der Waals surface area contributed by atoms with Gasteiger partial charge in [0, 0.05) is 71.1 Å². The Morgan fingerprint density at radius 3 is 0.963 bits per heavy atom. The first-order chi connectivity index (χ1) is 39.7. The minimum atomic E-state index is 0.679. The Kier molecular flexibility index (Phi) is 9.61. The highest BCUT2D eigenvalue weighted by Crippen LogP contribution is 2.42. The summed E-state index contributed by atoms with van der Waals surface area (Å²) in [5, 5.41) is 10.6. The second-order valence-corrected chi connectivity index (χ2v) is 20.9. The molecule has 5 aromatic heterocycles. The van der Waals surface area contributed by atoms with Crippen molar-refractivity contribution in [2.75, 3.05) is 0 Å². The molecule has 12 aromatic carbocycles. The van der Waals surface area contributed by atoms with Crippen LogP contribution in [0, 0.1) is 0 Å². The van der Waals surface area contributed by atoms with E-state index in [1.54, 1.807) is 0 Å². The van der Waals surface area contributed by atoms with Gasteiger partial charge in [0.05, 0.1) is 49.7 Å². The zero-order valence-corrected chi connectivity index (χ0v) is 43.2. The number of nitrogens with zero attached hydrogens (tertiary/aromatic N) is 6. The fraction of sp³-hybridized carbons (Fsp3) is 0. The summed E-state index contributed by atoms with van der Waals surface area (Å²) in [6.45, 7) is 0. The first kappa shape index (κ1) is 44.3. The summed E-state index contributed by atoms with van der Waals surface area (Å²) >= 11 is 0. The van der Waals surface area contributed by atoms with Gasteiger partial charge in [-0.3, -0.25) is 4.57 Å². The molecule has 0 saturated carbocycles. The van der Waals surface area contributed by atoms with Crippen LogP contribution in [0.2, 0.25) is 0 Å². The van der Waals surface area contributed by atoms with E-state index in [4.69, 9.17) is 9.97 Å². The summed E-state index contributed by atoms with van der Waals surface area (Å²) < 4.78 is 9.52. The van der Waals surface area contributed by atoms with Crippen LogP contribution in [0.4, 0.5) is 0 Å². The molecule has 0 unspecified atom stereocenters. The standard InChI is InChI=1S/C74H46N6/c1-4-18-47(19-5-1)73-75-64-37-36-54(79-67-30-16-12-26-57(67)61-44-50(34-40-71(61)79)48-32-38-69-59(42-48)55-24-10-14-28-65(55)77(69)52-20-6-2-7-21-52)46-63(64)74(76-73)80-68-31-17-13-27-58(68)62-45-51(35-41-72(62)80)49-33-39-70-60(43-49)56-25-11-15-29-66(56)78(70)53-22-8-3-9-23-53/h1-46H. The quantitative estimate of drug-likeness (QED) is 0.160. The maximum absolute atomic E-state index is 5.58. The molecule has 0 aliphatic heterocycles. The monoisotopic (exact) mass is 1020 g/mol. The van der Waals surface area contributed by atoms with Crippen LogP contribution in [0.25, 0.3) is 155 Å². The van der Waals surface area contributed by atoms with E-state index in [1.807, 2.05) is 6.07 Å². The van der Waals surface area contributed by atoms with Crippen molar-refractivity contribution in [1.29, 1.82) is 0 Å². The molecule has 17 rings (SSSR count). The second-order valence-electron chi connectivity index (χ2n) is 20.9. The molecule has 80 heavy (non-hydrogen) atoms. The Bertz CT molecular complexity index is 5350. The van der Waals surface area contributed by atoms with Gasteiger partial charge in [0.1, 0.15) is 5.82 Å². The predicted molar refractivity (Wildman–Crippen MR) is 333 cm³/mol. The highest BCUT2D eigenvalue weighted by molar-refractivity contribution is 6.15. The summed E-state index contributed by atoms with van der Waals surface area (Å²) in [7, 11) is 0. The van der Waals surface area contributed by atoms with E-state index in [2.05, 4.69) is 291 Å². The summed E-state index contributed by atoms with van der Waals surface area (Å²) in [4.78, 5) is 10.9. The SMILES string of the molecule is c1ccc(-c2nc(-n3c4ccccc4c4cc(-c5ccc6c(c5)c5ccccc5n6-c5ccccc5)ccc43)c3cc(-n4c5ccccc5c5cc(-c6ccc7c(c6)c6ccccc6n7-c6ccccc6)ccc54)ccc3n2)cc1. The molecule has 0 fully saturated rings. The number of benzene rings is 12. The number of para-hydroxylation sites is 6. The second kappa shape index (κ2) is 17.3. The normalized spacial score (nSPS) is 12.0. The molecule has 0 atom stereocenters. The number of rotatable bonds is 7. The Hall–Kier alpha value is -10.8. The molecule has 0 radical (unpaired) electrons. The number of hydrogen-bond acceptors (Lipinski definition) is 2.